The lowest BCUT2D eigenvalue weighted by atomic mass is 10.1. The molecule has 8 heteroatoms. The number of nitrogens with zero attached hydrogens (tertiary/aromatic N) is 1. The number of carbonyl (C=O) groups is 2. The van der Waals surface area contributed by atoms with Gasteiger partial charge in [-0.2, -0.15) is 11.8 Å². The largest absolute Gasteiger partial charge is 0.341 e. The SMILES string of the molecule is Cl.O=C(Nc1ccc(CC(=O)N2CCSCC2)cc1)C1CSCN1. The number of halogens is 1. The topological polar surface area (TPSA) is 61.4 Å². The fourth-order valence-corrected chi connectivity index (χ4v) is 4.44. The summed E-state index contributed by atoms with van der Waals surface area (Å²) in [4.78, 5) is 26.2. The molecule has 5 nitrogen and oxygen atoms in total. The Bertz CT molecular complexity index is 559. The van der Waals surface area contributed by atoms with Gasteiger partial charge in [-0.25, -0.2) is 0 Å². The lowest BCUT2D eigenvalue weighted by molar-refractivity contribution is -0.130. The smallest absolute Gasteiger partial charge is 0.242 e. The summed E-state index contributed by atoms with van der Waals surface area (Å²) in [6, 6.07) is 7.47. The summed E-state index contributed by atoms with van der Waals surface area (Å²) in [5, 5.41) is 6.06. The first-order valence-electron chi connectivity index (χ1n) is 7.79. The first-order valence-corrected chi connectivity index (χ1v) is 10.1. The monoisotopic (exact) mass is 387 g/mol. The fraction of sp³-hybridized carbons (Fsp3) is 0.500. The lowest BCUT2D eigenvalue weighted by Crippen LogP contribution is -2.38. The number of amides is 2. The van der Waals surface area contributed by atoms with Crippen LogP contribution in [0.2, 0.25) is 0 Å². The first-order chi connectivity index (χ1) is 11.2. The van der Waals surface area contributed by atoms with Gasteiger partial charge in [-0.15, -0.1) is 24.2 Å². The highest BCUT2D eigenvalue weighted by atomic mass is 35.5. The third-order valence-corrected chi connectivity index (χ3v) is 5.86. The molecule has 1 aromatic carbocycles. The molecule has 132 valence electrons. The van der Waals surface area contributed by atoms with Crippen molar-refractivity contribution >= 4 is 53.4 Å². The maximum atomic E-state index is 12.2. The highest BCUT2D eigenvalue weighted by Gasteiger charge is 2.22. The molecule has 2 fully saturated rings. The average molecular weight is 388 g/mol. The molecular weight excluding hydrogens is 366 g/mol. The Balaban J connectivity index is 0.00000208. The maximum Gasteiger partial charge on any atom is 0.242 e. The van der Waals surface area contributed by atoms with Crippen LogP contribution in [-0.2, 0) is 16.0 Å². The Morgan fingerprint density at radius 2 is 1.88 bits per heavy atom. The van der Waals surface area contributed by atoms with E-state index in [0.29, 0.717) is 6.42 Å². The Hall–Kier alpha value is -0.890. The minimum absolute atomic E-state index is 0. The molecule has 0 radical (unpaired) electrons. The van der Waals surface area contributed by atoms with Gasteiger partial charge in [0.1, 0.15) is 0 Å². The summed E-state index contributed by atoms with van der Waals surface area (Å²) < 4.78 is 0. The summed E-state index contributed by atoms with van der Waals surface area (Å²) in [5.41, 5.74) is 1.76. The van der Waals surface area contributed by atoms with Crippen molar-refractivity contribution in [2.24, 2.45) is 0 Å². The standard InChI is InChI=1S/C16H21N3O2S2.ClH/c20-15(19-5-7-22-8-6-19)9-12-1-3-13(4-2-12)18-16(21)14-10-23-11-17-14;/h1-4,14,17H,5-11H2,(H,18,21);1H. The van der Waals surface area contributed by atoms with Crippen molar-refractivity contribution in [3.05, 3.63) is 29.8 Å². The summed E-state index contributed by atoms with van der Waals surface area (Å²) in [7, 11) is 0. The van der Waals surface area contributed by atoms with E-state index in [9.17, 15) is 9.59 Å². The maximum absolute atomic E-state index is 12.2. The van der Waals surface area contributed by atoms with E-state index in [4.69, 9.17) is 0 Å². The zero-order valence-corrected chi connectivity index (χ0v) is 15.8. The molecular formula is C16H22ClN3O2S2. The number of thioether (sulfide) groups is 2. The van der Waals surface area contributed by atoms with Crippen LogP contribution in [0.5, 0.6) is 0 Å². The Morgan fingerprint density at radius 1 is 1.17 bits per heavy atom. The molecule has 2 heterocycles. The molecule has 0 spiro atoms. The highest BCUT2D eigenvalue weighted by Crippen LogP contribution is 2.15. The van der Waals surface area contributed by atoms with Gasteiger partial charge in [-0.3, -0.25) is 14.9 Å². The second-order valence-electron chi connectivity index (χ2n) is 5.63. The Labute approximate surface area is 157 Å². The average Bonchev–Trinajstić information content (AvgIpc) is 3.12. The van der Waals surface area contributed by atoms with Crippen LogP contribution in [0, 0.1) is 0 Å². The van der Waals surface area contributed by atoms with E-state index in [1.165, 1.54) is 0 Å². The van der Waals surface area contributed by atoms with Gasteiger partial charge in [-0.05, 0) is 17.7 Å². The summed E-state index contributed by atoms with van der Waals surface area (Å²) in [6.45, 7) is 1.70. The first kappa shape index (κ1) is 19.4. The van der Waals surface area contributed by atoms with Gasteiger partial charge in [0.25, 0.3) is 0 Å². The number of anilines is 1. The van der Waals surface area contributed by atoms with Gasteiger partial charge in [0, 0.05) is 41.9 Å². The van der Waals surface area contributed by atoms with Crippen LogP contribution in [0.1, 0.15) is 5.56 Å². The molecule has 1 aromatic rings. The minimum atomic E-state index is -0.113. The summed E-state index contributed by atoms with van der Waals surface area (Å²) >= 11 is 3.63. The molecule has 0 bridgehead atoms. The number of rotatable bonds is 4. The predicted molar refractivity (Wildman–Crippen MR) is 104 cm³/mol. The molecule has 0 aliphatic carbocycles. The van der Waals surface area contributed by atoms with E-state index in [-0.39, 0.29) is 30.3 Å². The molecule has 0 saturated carbocycles. The van der Waals surface area contributed by atoms with E-state index in [2.05, 4.69) is 10.6 Å². The minimum Gasteiger partial charge on any atom is -0.341 e. The highest BCUT2D eigenvalue weighted by molar-refractivity contribution is 7.99. The second kappa shape index (κ2) is 9.56. The van der Waals surface area contributed by atoms with Gasteiger partial charge in [0.2, 0.25) is 11.8 Å². The van der Waals surface area contributed by atoms with Crippen molar-refractivity contribution in [3.63, 3.8) is 0 Å². The predicted octanol–water partition coefficient (Wildman–Crippen LogP) is 1.83. The Morgan fingerprint density at radius 3 is 2.50 bits per heavy atom. The zero-order chi connectivity index (χ0) is 16.1. The van der Waals surface area contributed by atoms with Gasteiger partial charge < -0.3 is 10.2 Å². The molecule has 1 unspecified atom stereocenters. The van der Waals surface area contributed by atoms with Crippen LogP contribution in [-0.4, -0.2) is 59.0 Å². The third-order valence-electron chi connectivity index (χ3n) is 3.97. The number of benzene rings is 1. The third kappa shape index (κ3) is 5.31. The van der Waals surface area contributed by atoms with E-state index < -0.39 is 0 Å². The molecule has 3 rings (SSSR count). The van der Waals surface area contributed by atoms with Crippen LogP contribution >= 0.6 is 35.9 Å². The van der Waals surface area contributed by atoms with E-state index in [1.807, 2.05) is 40.9 Å². The quantitative estimate of drug-likeness (QED) is 0.825. The van der Waals surface area contributed by atoms with Gasteiger partial charge in [0.05, 0.1) is 12.5 Å². The van der Waals surface area contributed by atoms with Crippen molar-refractivity contribution in [1.82, 2.24) is 10.2 Å². The number of hydrogen-bond donors (Lipinski definition) is 2. The molecule has 2 aliphatic rings. The van der Waals surface area contributed by atoms with E-state index in [0.717, 1.165) is 47.5 Å². The van der Waals surface area contributed by atoms with Gasteiger partial charge in [-0.1, -0.05) is 12.1 Å². The van der Waals surface area contributed by atoms with Crippen LogP contribution in [0.4, 0.5) is 5.69 Å². The van der Waals surface area contributed by atoms with Crippen LogP contribution < -0.4 is 10.6 Å². The van der Waals surface area contributed by atoms with Crippen LogP contribution in [0.15, 0.2) is 24.3 Å². The van der Waals surface area contributed by atoms with Crippen LogP contribution in [0.25, 0.3) is 0 Å². The number of carbonyl (C=O) groups excluding carboxylic acids is 2. The van der Waals surface area contributed by atoms with Crippen molar-refractivity contribution in [1.29, 1.82) is 0 Å². The van der Waals surface area contributed by atoms with Gasteiger partial charge in [0.15, 0.2) is 0 Å². The molecule has 2 aliphatic heterocycles. The van der Waals surface area contributed by atoms with E-state index >= 15 is 0 Å². The van der Waals surface area contributed by atoms with Crippen molar-refractivity contribution < 1.29 is 9.59 Å². The lowest BCUT2D eigenvalue weighted by Gasteiger charge is -2.26. The van der Waals surface area contributed by atoms with Crippen molar-refractivity contribution in [2.75, 3.05) is 41.5 Å². The Kier molecular flexibility index (Phi) is 7.74. The summed E-state index contributed by atoms with van der Waals surface area (Å²) in [5.74, 6) is 3.90. The summed E-state index contributed by atoms with van der Waals surface area (Å²) in [6.07, 6.45) is 0.430. The molecule has 2 amide bonds. The number of hydrogen-bond acceptors (Lipinski definition) is 5. The van der Waals surface area contributed by atoms with Crippen LogP contribution in [0.3, 0.4) is 0 Å². The van der Waals surface area contributed by atoms with Crippen molar-refractivity contribution in [2.45, 2.75) is 12.5 Å². The molecule has 24 heavy (non-hydrogen) atoms. The van der Waals surface area contributed by atoms with Gasteiger partial charge >= 0.3 is 0 Å². The second-order valence-corrected chi connectivity index (χ2v) is 7.88. The molecule has 2 N–H and O–H groups in total. The molecule has 0 aromatic heterocycles. The number of nitrogens with one attached hydrogen (secondary N) is 2. The van der Waals surface area contributed by atoms with Crippen molar-refractivity contribution in [3.8, 4) is 0 Å². The normalized spacial score (nSPS) is 20.3. The molecule has 1 atom stereocenters. The zero-order valence-electron chi connectivity index (χ0n) is 13.3. The fourth-order valence-electron chi connectivity index (χ4n) is 2.60. The molecule has 2 saturated heterocycles. The van der Waals surface area contributed by atoms with E-state index in [1.54, 1.807) is 11.8 Å².